The molecule has 7 nitrogen and oxygen atoms in total. The molecule has 3 aromatic rings. The van der Waals surface area contributed by atoms with Gasteiger partial charge in [0.2, 0.25) is 17.6 Å². The number of carbonyl (C=O) groups is 4. The van der Waals surface area contributed by atoms with Gasteiger partial charge in [-0.15, -0.1) is 23.2 Å². The highest BCUT2D eigenvalue weighted by Crippen LogP contribution is 2.67. The summed E-state index contributed by atoms with van der Waals surface area (Å²) < 4.78 is 73.1. The van der Waals surface area contributed by atoms with Crippen LogP contribution in [0.4, 0.5) is 33.3 Å². The Kier molecular flexibility index (Phi) is 7.70. The van der Waals surface area contributed by atoms with Crippen LogP contribution < -0.4 is 9.80 Å². The topological polar surface area (TPSA) is 95.0 Å². The number of hydrogen-bond acceptors (Lipinski definition) is 5. The van der Waals surface area contributed by atoms with Crippen molar-refractivity contribution in [2.45, 2.75) is 41.9 Å². The van der Waals surface area contributed by atoms with Crippen molar-refractivity contribution in [3.8, 4) is 5.75 Å². The monoisotopic (exact) mass is 738 g/mol. The summed E-state index contributed by atoms with van der Waals surface area (Å²) in [5.41, 5.74) is -0.634. The fourth-order valence-corrected chi connectivity index (χ4v) is 8.91. The first-order valence-corrected chi connectivity index (χ1v) is 16.2. The molecule has 0 unspecified atom stereocenters. The van der Waals surface area contributed by atoms with Gasteiger partial charge in [-0.3, -0.25) is 24.1 Å². The summed E-state index contributed by atoms with van der Waals surface area (Å²) in [5.74, 6) is -22.2. The smallest absolute Gasteiger partial charge is 0.258 e. The normalized spacial score (nSPS) is 29.3. The van der Waals surface area contributed by atoms with Crippen LogP contribution in [-0.4, -0.2) is 38.5 Å². The molecule has 1 saturated carbocycles. The lowest BCUT2D eigenvalue weighted by atomic mass is 9.56. The first-order valence-electron chi connectivity index (χ1n) is 15.0. The summed E-state index contributed by atoms with van der Waals surface area (Å²) in [6.07, 6.45) is 1.52. The molecule has 0 radical (unpaired) electrons. The summed E-state index contributed by atoms with van der Waals surface area (Å²) in [6, 6.07) is 10.4. The van der Waals surface area contributed by atoms with E-state index in [4.69, 9.17) is 34.8 Å². The minimum absolute atomic E-state index is 0.0202. The first-order chi connectivity index (χ1) is 23.1. The molecule has 2 heterocycles. The number of carbonyl (C=O) groups excluding carboxylic acids is 4. The van der Waals surface area contributed by atoms with Crippen LogP contribution in [0.1, 0.15) is 36.8 Å². The standard InChI is InChI=1S/C34H22Cl3F5N2O5/c1-2-13-3-6-15(7-4-13)43-29(46)17-9-8-16-19(21(17)30(43)47)12-33(36)31(48)44(28-26(41)24(39)23(38)25(40)27(28)42)32(49)34(33,37)22(16)18-11-14(35)5-10-20(18)45/h3-8,10-11,17,19,21-22,45H,2,9,12H2,1H3/t17-,19+,21-,22+,33+,34-/m0/s1. The molecule has 15 heteroatoms. The number of phenolic OH excluding ortho intramolecular Hbond substituents is 1. The van der Waals surface area contributed by atoms with Crippen molar-refractivity contribution in [3.63, 3.8) is 0 Å². The molecule has 4 amide bonds. The number of rotatable bonds is 4. The number of halogens is 8. The molecule has 1 N–H and O–H groups in total. The molecule has 6 atom stereocenters. The molecule has 0 bridgehead atoms. The van der Waals surface area contributed by atoms with Crippen molar-refractivity contribution in [2.24, 2.45) is 17.8 Å². The number of anilines is 2. The van der Waals surface area contributed by atoms with Crippen molar-refractivity contribution in [1.82, 2.24) is 0 Å². The molecule has 4 aliphatic rings. The third-order valence-electron chi connectivity index (χ3n) is 10.1. The van der Waals surface area contributed by atoms with Gasteiger partial charge in [0.25, 0.3) is 11.8 Å². The number of hydrogen-bond donors (Lipinski definition) is 1. The number of nitrogens with zero attached hydrogens (tertiary/aromatic N) is 2. The van der Waals surface area contributed by atoms with E-state index in [1.54, 1.807) is 24.3 Å². The molecule has 2 saturated heterocycles. The molecule has 49 heavy (non-hydrogen) atoms. The molecule has 2 aliphatic heterocycles. The van der Waals surface area contributed by atoms with Gasteiger partial charge in [0, 0.05) is 16.5 Å². The fourth-order valence-electron chi connectivity index (χ4n) is 7.80. The first kappa shape index (κ1) is 33.5. The number of aryl methyl sites for hydroxylation is 1. The van der Waals surface area contributed by atoms with Crippen LogP contribution in [0.2, 0.25) is 5.02 Å². The number of alkyl halides is 2. The van der Waals surface area contributed by atoms with Crippen LogP contribution >= 0.6 is 34.8 Å². The third-order valence-corrected chi connectivity index (χ3v) is 11.8. The molecule has 2 aliphatic carbocycles. The number of imide groups is 2. The summed E-state index contributed by atoms with van der Waals surface area (Å²) in [7, 11) is 0. The van der Waals surface area contributed by atoms with Crippen molar-refractivity contribution in [2.75, 3.05) is 9.80 Å². The van der Waals surface area contributed by atoms with Gasteiger partial charge in [-0.05, 0) is 61.1 Å². The van der Waals surface area contributed by atoms with E-state index in [0.717, 1.165) is 16.5 Å². The Morgan fingerprint density at radius 1 is 0.816 bits per heavy atom. The predicted octanol–water partition coefficient (Wildman–Crippen LogP) is 7.07. The summed E-state index contributed by atoms with van der Waals surface area (Å²) in [6.45, 7) is 1.93. The zero-order valence-corrected chi connectivity index (χ0v) is 27.3. The van der Waals surface area contributed by atoms with Crippen LogP contribution in [0.25, 0.3) is 0 Å². The lowest BCUT2D eigenvalue weighted by Gasteiger charge is -2.50. The highest BCUT2D eigenvalue weighted by atomic mass is 35.5. The van der Waals surface area contributed by atoms with E-state index >= 15 is 8.78 Å². The average molecular weight is 740 g/mol. The van der Waals surface area contributed by atoms with Crippen molar-refractivity contribution < 1.29 is 46.2 Å². The van der Waals surface area contributed by atoms with E-state index in [9.17, 15) is 37.5 Å². The SMILES string of the molecule is CCc1ccc(N2C(=O)[C@H]3[C@H](CC=C4[C@H]3C[C@@]3(Cl)C(=O)N(c5c(F)c(F)c(F)c(F)c5F)C(=O)[C@@]3(Cl)[C@H]4c3cc(Cl)ccc3O)C2=O)cc1. The number of phenols is 1. The maximum Gasteiger partial charge on any atom is 0.258 e. The lowest BCUT2D eigenvalue weighted by molar-refractivity contribution is -0.125. The van der Waals surface area contributed by atoms with E-state index in [1.165, 1.54) is 18.2 Å². The number of allylic oxidation sites excluding steroid dienone is 2. The summed E-state index contributed by atoms with van der Waals surface area (Å²) >= 11 is 20.4. The molecular weight excluding hydrogens is 718 g/mol. The second-order valence-electron chi connectivity index (χ2n) is 12.4. The van der Waals surface area contributed by atoms with Crippen molar-refractivity contribution in [1.29, 1.82) is 0 Å². The molecule has 3 aromatic carbocycles. The van der Waals surface area contributed by atoms with Gasteiger partial charge in [0.1, 0.15) is 11.4 Å². The second-order valence-corrected chi connectivity index (χ2v) is 14.1. The second kappa shape index (κ2) is 11.3. The van der Waals surface area contributed by atoms with E-state index in [1.807, 2.05) is 6.92 Å². The van der Waals surface area contributed by atoms with Gasteiger partial charge in [0.05, 0.1) is 17.5 Å². The molecule has 254 valence electrons. The van der Waals surface area contributed by atoms with Gasteiger partial charge in [-0.1, -0.05) is 42.3 Å². The Hall–Kier alpha value is -4.00. The predicted molar refractivity (Wildman–Crippen MR) is 168 cm³/mol. The Morgan fingerprint density at radius 2 is 1.43 bits per heavy atom. The number of fused-ring (bicyclic) bond motifs is 4. The van der Waals surface area contributed by atoms with Crippen molar-refractivity contribution >= 4 is 69.8 Å². The van der Waals surface area contributed by atoms with Gasteiger partial charge in [-0.25, -0.2) is 26.9 Å². The molecule has 0 spiro atoms. The van der Waals surface area contributed by atoms with Crippen LogP contribution in [-0.2, 0) is 25.6 Å². The Balaban J connectivity index is 1.43. The minimum Gasteiger partial charge on any atom is -0.508 e. The molecule has 3 fully saturated rings. The third kappa shape index (κ3) is 4.32. The number of amides is 4. The fraction of sp³-hybridized carbons (Fsp3) is 0.294. The van der Waals surface area contributed by atoms with E-state index < -0.39 is 104 Å². The van der Waals surface area contributed by atoms with Gasteiger partial charge >= 0.3 is 0 Å². The van der Waals surface area contributed by atoms with Crippen LogP contribution in [0.15, 0.2) is 54.1 Å². The number of aromatic hydroxyl groups is 1. The van der Waals surface area contributed by atoms with Gasteiger partial charge in [0.15, 0.2) is 33.0 Å². The van der Waals surface area contributed by atoms with Crippen LogP contribution in [0.3, 0.4) is 0 Å². The highest BCUT2D eigenvalue weighted by Gasteiger charge is 2.77. The highest BCUT2D eigenvalue weighted by molar-refractivity contribution is 6.58. The van der Waals surface area contributed by atoms with E-state index in [-0.39, 0.29) is 27.5 Å². The lowest BCUT2D eigenvalue weighted by Crippen LogP contribution is -2.60. The minimum atomic E-state index is -2.77. The maximum atomic E-state index is 15.2. The zero-order valence-electron chi connectivity index (χ0n) is 25.0. The summed E-state index contributed by atoms with van der Waals surface area (Å²) in [5, 5.41) is 11.1. The largest absolute Gasteiger partial charge is 0.508 e. The summed E-state index contributed by atoms with van der Waals surface area (Å²) in [4.78, 5) is 51.7. The van der Waals surface area contributed by atoms with Crippen LogP contribution in [0.5, 0.6) is 5.75 Å². The average Bonchev–Trinajstić information content (AvgIpc) is 3.42. The van der Waals surface area contributed by atoms with E-state index in [0.29, 0.717) is 12.1 Å². The van der Waals surface area contributed by atoms with Crippen LogP contribution in [0, 0.1) is 46.8 Å². The molecule has 0 aromatic heterocycles. The Labute approximate surface area is 289 Å². The Morgan fingerprint density at radius 3 is 2.04 bits per heavy atom. The molecular formula is C34H22Cl3F5N2O5. The number of benzene rings is 3. The zero-order chi connectivity index (χ0) is 35.5. The van der Waals surface area contributed by atoms with Gasteiger partial charge in [-0.2, -0.15) is 0 Å². The van der Waals surface area contributed by atoms with Gasteiger partial charge < -0.3 is 5.11 Å². The Bertz CT molecular complexity index is 2030. The maximum absolute atomic E-state index is 15.2. The molecule has 7 rings (SSSR count). The quantitative estimate of drug-likeness (QED) is 0.0772. The van der Waals surface area contributed by atoms with Crippen molar-refractivity contribution in [3.05, 3.63) is 99.3 Å². The van der Waals surface area contributed by atoms with E-state index in [2.05, 4.69) is 0 Å².